The highest BCUT2D eigenvalue weighted by atomic mass is 32.2. The van der Waals surface area contributed by atoms with E-state index in [0.29, 0.717) is 0 Å². The number of hydrogen-bond donors (Lipinski definition) is 0. The second kappa shape index (κ2) is 6.57. The number of carbonyl (C=O) groups is 1. The van der Waals surface area contributed by atoms with Crippen LogP contribution in [0.25, 0.3) is 0 Å². The minimum absolute atomic E-state index is 0.725. The summed E-state index contributed by atoms with van der Waals surface area (Å²) in [6.45, 7) is 5.12. The molecule has 0 amide bonds. The molecule has 0 spiro atoms. The number of aryl methyl sites for hydroxylation is 2. The lowest BCUT2D eigenvalue weighted by Gasteiger charge is -2.04. The third-order valence-corrected chi connectivity index (χ3v) is 3.98. The molecule has 0 N–H and O–H groups in total. The molecule has 0 unspecified atom stereocenters. The summed E-state index contributed by atoms with van der Waals surface area (Å²) in [6, 6.07) is 9.86. The zero-order chi connectivity index (χ0) is 13.7. The fraction of sp³-hybridized carbons (Fsp3) is 0.333. The van der Waals surface area contributed by atoms with Gasteiger partial charge in [-0.15, -0.1) is 11.8 Å². The van der Waals surface area contributed by atoms with Crippen LogP contribution in [0.5, 0.6) is 0 Å². The number of benzene rings is 1. The Balaban J connectivity index is 2.09. The van der Waals surface area contributed by atoms with Gasteiger partial charge in [0.15, 0.2) is 0 Å². The van der Waals surface area contributed by atoms with Crippen LogP contribution in [-0.4, -0.2) is 16.1 Å². The summed E-state index contributed by atoms with van der Waals surface area (Å²) in [7, 11) is 0. The molecule has 2 aromatic rings. The average Bonchev–Trinajstić information content (AvgIpc) is 2.87. The molecule has 0 bridgehead atoms. The molecule has 19 heavy (non-hydrogen) atoms. The summed E-state index contributed by atoms with van der Waals surface area (Å²) in [5.41, 5.74) is 3.10. The molecule has 0 aliphatic rings. The van der Waals surface area contributed by atoms with Gasteiger partial charge in [0, 0.05) is 28.5 Å². The van der Waals surface area contributed by atoms with E-state index < -0.39 is 0 Å². The third kappa shape index (κ3) is 3.47. The monoisotopic (exact) mass is 274 g/mol. The lowest BCUT2D eigenvalue weighted by molar-refractivity contribution is 0.112. The van der Waals surface area contributed by atoms with E-state index in [2.05, 4.69) is 29.7 Å². The molecule has 0 fully saturated rings. The number of rotatable bonds is 6. The molecule has 0 aliphatic carbocycles. The molecule has 1 heterocycles. The van der Waals surface area contributed by atoms with Crippen molar-refractivity contribution in [1.29, 1.82) is 0 Å². The summed E-state index contributed by atoms with van der Waals surface area (Å²) in [5.74, 6) is 0.878. The Labute approximate surface area is 118 Å². The van der Waals surface area contributed by atoms with E-state index in [1.807, 2.05) is 24.3 Å². The Morgan fingerprint density at radius 2 is 2.16 bits per heavy atom. The molecule has 1 aromatic carbocycles. The van der Waals surface area contributed by atoms with Crippen molar-refractivity contribution in [2.24, 2.45) is 0 Å². The highest BCUT2D eigenvalue weighted by Crippen LogP contribution is 2.23. The van der Waals surface area contributed by atoms with Crippen LogP contribution in [0.2, 0.25) is 0 Å². The molecule has 0 saturated carbocycles. The lowest BCUT2D eigenvalue weighted by atomic mass is 10.2. The molecular formula is C15H18N2OS. The van der Waals surface area contributed by atoms with Crippen LogP contribution < -0.4 is 0 Å². The SMILES string of the molecule is CCc1cc(CSc2cccc(C=O)c2)n(CC)n1. The number of aromatic nitrogens is 2. The van der Waals surface area contributed by atoms with Crippen molar-refractivity contribution in [1.82, 2.24) is 9.78 Å². The van der Waals surface area contributed by atoms with Crippen LogP contribution >= 0.6 is 11.8 Å². The molecule has 100 valence electrons. The topological polar surface area (TPSA) is 34.9 Å². The van der Waals surface area contributed by atoms with Gasteiger partial charge in [-0.3, -0.25) is 9.48 Å². The lowest BCUT2D eigenvalue weighted by Crippen LogP contribution is -2.01. The summed E-state index contributed by atoms with van der Waals surface area (Å²) in [5, 5.41) is 4.54. The van der Waals surface area contributed by atoms with Crippen molar-refractivity contribution in [2.45, 2.75) is 37.5 Å². The Kier molecular flexibility index (Phi) is 4.80. The quantitative estimate of drug-likeness (QED) is 0.596. The minimum Gasteiger partial charge on any atom is -0.298 e. The van der Waals surface area contributed by atoms with Crippen molar-refractivity contribution in [3.8, 4) is 0 Å². The van der Waals surface area contributed by atoms with Crippen LogP contribution in [-0.2, 0) is 18.7 Å². The summed E-state index contributed by atoms with van der Waals surface area (Å²) >= 11 is 1.74. The van der Waals surface area contributed by atoms with Gasteiger partial charge in [0.2, 0.25) is 0 Å². The first-order valence-corrected chi connectivity index (χ1v) is 7.49. The van der Waals surface area contributed by atoms with E-state index >= 15 is 0 Å². The van der Waals surface area contributed by atoms with E-state index in [1.165, 1.54) is 5.69 Å². The summed E-state index contributed by atoms with van der Waals surface area (Å²) in [4.78, 5) is 11.9. The van der Waals surface area contributed by atoms with Crippen LogP contribution in [0.4, 0.5) is 0 Å². The maximum atomic E-state index is 10.8. The van der Waals surface area contributed by atoms with E-state index in [4.69, 9.17) is 0 Å². The molecule has 0 atom stereocenters. The summed E-state index contributed by atoms with van der Waals surface area (Å²) in [6.07, 6.45) is 1.85. The van der Waals surface area contributed by atoms with Gasteiger partial charge in [0.05, 0.1) is 5.69 Å². The summed E-state index contributed by atoms with van der Waals surface area (Å²) < 4.78 is 2.05. The van der Waals surface area contributed by atoms with Crippen molar-refractivity contribution in [3.63, 3.8) is 0 Å². The Morgan fingerprint density at radius 1 is 1.32 bits per heavy atom. The normalized spacial score (nSPS) is 10.6. The first kappa shape index (κ1) is 13.9. The zero-order valence-corrected chi connectivity index (χ0v) is 12.1. The molecule has 0 aliphatic heterocycles. The molecule has 4 heteroatoms. The number of hydrogen-bond acceptors (Lipinski definition) is 3. The predicted octanol–water partition coefficient (Wildman–Crippen LogP) is 3.57. The van der Waals surface area contributed by atoms with Crippen molar-refractivity contribution in [3.05, 3.63) is 47.3 Å². The van der Waals surface area contributed by atoms with E-state index in [-0.39, 0.29) is 0 Å². The van der Waals surface area contributed by atoms with Crippen LogP contribution in [0.1, 0.15) is 35.6 Å². The van der Waals surface area contributed by atoms with Crippen LogP contribution in [0.15, 0.2) is 35.2 Å². The van der Waals surface area contributed by atoms with Crippen LogP contribution in [0.3, 0.4) is 0 Å². The Bertz CT molecular complexity index is 563. The first-order valence-electron chi connectivity index (χ1n) is 6.50. The molecule has 1 aromatic heterocycles. The van der Waals surface area contributed by atoms with E-state index in [0.717, 1.165) is 41.2 Å². The van der Waals surface area contributed by atoms with E-state index in [1.54, 1.807) is 11.8 Å². The third-order valence-electron chi connectivity index (χ3n) is 2.96. The van der Waals surface area contributed by atoms with Crippen molar-refractivity contribution < 1.29 is 4.79 Å². The van der Waals surface area contributed by atoms with Gasteiger partial charge >= 0.3 is 0 Å². The molecule has 0 radical (unpaired) electrons. The second-order valence-corrected chi connectivity index (χ2v) is 5.32. The number of thioether (sulfide) groups is 1. The molecule has 0 saturated heterocycles. The van der Waals surface area contributed by atoms with Crippen molar-refractivity contribution >= 4 is 18.0 Å². The van der Waals surface area contributed by atoms with Gasteiger partial charge in [-0.05, 0) is 31.5 Å². The van der Waals surface area contributed by atoms with E-state index in [9.17, 15) is 4.79 Å². The molecule has 2 rings (SSSR count). The van der Waals surface area contributed by atoms with Crippen LogP contribution in [0, 0.1) is 0 Å². The largest absolute Gasteiger partial charge is 0.298 e. The van der Waals surface area contributed by atoms with Gasteiger partial charge in [0.25, 0.3) is 0 Å². The van der Waals surface area contributed by atoms with Gasteiger partial charge in [0.1, 0.15) is 6.29 Å². The standard InChI is InChI=1S/C15H18N2OS/c1-3-13-9-14(17(4-2)16-13)11-19-15-7-5-6-12(8-15)10-18/h5-10H,3-4,11H2,1-2H3. The Hall–Kier alpha value is -1.55. The smallest absolute Gasteiger partial charge is 0.150 e. The fourth-order valence-electron chi connectivity index (χ4n) is 1.91. The maximum Gasteiger partial charge on any atom is 0.150 e. The average molecular weight is 274 g/mol. The predicted molar refractivity (Wildman–Crippen MR) is 78.7 cm³/mol. The maximum absolute atomic E-state index is 10.8. The van der Waals surface area contributed by atoms with Gasteiger partial charge in [-0.1, -0.05) is 19.1 Å². The van der Waals surface area contributed by atoms with Gasteiger partial charge in [-0.25, -0.2) is 0 Å². The van der Waals surface area contributed by atoms with Gasteiger partial charge < -0.3 is 0 Å². The molecular weight excluding hydrogens is 256 g/mol. The number of nitrogens with zero attached hydrogens (tertiary/aromatic N) is 2. The minimum atomic E-state index is 0.725. The zero-order valence-electron chi connectivity index (χ0n) is 11.3. The molecule has 3 nitrogen and oxygen atoms in total. The number of aldehydes is 1. The number of carbonyl (C=O) groups excluding carboxylic acids is 1. The van der Waals surface area contributed by atoms with Gasteiger partial charge in [-0.2, -0.15) is 5.10 Å². The highest BCUT2D eigenvalue weighted by Gasteiger charge is 2.06. The van der Waals surface area contributed by atoms with Crippen molar-refractivity contribution in [2.75, 3.05) is 0 Å². The fourth-order valence-corrected chi connectivity index (χ4v) is 2.85. The Morgan fingerprint density at radius 3 is 2.84 bits per heavy atom. The highest BCUT2D eigenvalue weighted by molar-refractivity contribution is 7.98. The second-order valence-electron chi connectivity index (χ2n) is 4.28. The first-order chi connectivity index (χ1) is 9.26.